The van der Waals surface area contributed by atoms with E-state index in [1.807, 2.05) is 25.1 Å². The first kappa shape index (κ1) is 13.5. The second-order valence-corrected chi connectivity index (χ2v) is 5.47. The van der Waals surface area contributed by atoms with E-state index in [2.05, 4.69) is 27.3 Å². The maximum absolute atomic E-state index is 9.25. The molecule has 4 heteroatoms. The number of rotatable bonds is 4. The van der Waals surface area contributed by atoms with E-state index in [1.165, 1.54) is 0 Å². The molecular formula is C14H17BrN2O. The van der Waals surface area contributed by atoms with Crippen molar-refractivity contribution in [1.82, 2.24) is 5.32 Å². The van der Waals surface area contributed by atoms with Gasteiger partial charge in [0.2, 0.25) is 0 Å². The highest BCUT2D eigenvalue weighted by atomic mass is 79.9. The Hall–Kier alpha value is -0.890. The highest BCUT2D eigenvalue weighted by Gasteiger charge is 2.18. The molecule has 0 amide bonds. The predicted octanol–water partition coefficient (Wildman–Crippen LogP) is 3.09. The molecule has 1 aliphatic heterocycles. The van der Waals surface area contributed by atoms with Gasteiger partial charge in [0.15, 0.2) is 0 Å². The van der Waals surface area contributed by atoms with Crippen molar-refractivity contribution in [2.24, 2.45) is 0 Å². The van der Waals surface area contributed by atoms with Crippen LogP contribution in [-0.4, -0.2) is 19.3 Å². The quantitative estimate of drug-likeness (QED) is 0.929. The number of aryl methyl sites for hydroxylation is 1. The number of nitrogens with one attached hydrogen (secondary N) is 1. The fourth-order valence-electron chi connectivity index (χ4n) is 2.14. The Bertz CT molecular complexity index is 450. The van der Waals surface area contributed by atoms with E-state index in [0.29, 0.717) is 0 Å². The van der Waals surface area contributed by atoms with Crippen LogP contribution in [0.1, 0.15) is 30.0 Å². The van der Waals surface area contributed by atoms with Crippen molar-refractivity contribution in [3.05, 3.63) is 33.8 Å². The number of hydrogen-bond acceptors (Lipinski definition) is 3. The lowest BCUT2D eigenvalue weighted by Gasteiger charge is -2.16. The molecule has 0 spiro atoms. The summed E-state index contributed by atoms with van der Waals surface area (Å²) in [5.41, 5.74) is 2.16. The lowest BCUT2D eigenvalue weighted by Crippen LogP contribution is -2.29. The molecule has 3 nitrogen and oxygen atoms in total. The summed E-state index contributed by atoms with van der Waals surface area (Å²) in [5, 5.41) is 12.5. The van der Waals surface area contributed by atoms with Gasteiger partial charge in [0.1, 0.15) is 6.04 Å². The van der Waals surface area contributed by atoms with E-state index in [9.17, 15) is 5.26 Å². The maximum Gasteiger partial charge on any atom is 0.121 e. The van der Waals surface area contributed by atoms with Crippen LogP contribution in [0.25, 0.3) is 0 Å². The number of hydrogen-bond donors (Lipinski definition) is 1. The van der Waals surface area contributed by atoms with Crippen LogP contribution in [0.5, 0.6) is 0 Å². The van der Waals surface area contributed by atoms with E-state index in [-0.39, 0.29) is 12.1 Å². The SMILES string of the molecule is Cc1cc(C(C#N)NCC2CCCO2)ccc1Br. The molecule has 18 heavy (non-hydrogen) atoms. The average molecular weight is 309 g/mol. The van der Waals surface area contributed by atoms with Crippen molar-refractivity contribution in [3.8, 4) is 6.07 Å². The summed E-state index contributed by atoms with van der Waals surface area (Å²) in [6, 6.07) is 8.05. The van der Waals surface area contributed by atoms with E-state index in [1.54, 1.807) is 0 Å². The number of nitriles is 1. The van der Waals surface area contributed by atoms with Crippen LogP contribution in [-0.2, 0) is 4.74 Å². The molecular weight excluding hydrogens is 292 g/mol. The highest BCUT2D eigenvalue weighted by molar-refractivity contribution is 9.10. The van der Waals surface area contributed by atoms with Crippen LogP contribution in [0.2, 0.25) is 0 Å². The van der Waals surface area contributed by atoms with Crippen LogP contribution in [0.15, 0.2) is 22.7 Å². The highest BCUT2D eigenvalue weighted by Crippen LogP contribution is 2.21. The average Bonchev–Trinajstić information content (AvgIpc) is 2.87. The molecule has 0 radical (unpaired) electrons. The van der Waals surface area contributed by atoms with Gasteiger partial charge in [-0.1, -0.05) is 28.1 Å². The molecule has 2 atom stereocenters. The minimum absolute atomic E-state index is 0.261. The monoisotopic (exact) mass is 308 g/mol. The molecule has 0 bridgehead atoms. The summed E-state index contributed by atoms with van der Waals surface area (Å²) in [5.74, 6) is 0. The first-order valence-electron chi connectivity index (χ1n) is 6.21. The van der Waals surface area contributed by atoms with Gasteiger partial charge in [-0.2, -0.15) is 5.26 Å². The van der Waals surface area contributed by atoms with E-state index in [0.717, 1.165) is 41.6 Å². The number of halogens is 1. The van der Waals surface area contributed by atoms with Crippen molar-refractivity contribution in [3.63, 3.8) is 0 Å². The van der Waals surface area contributed by atoms with Crippen LogP contribution < -0.4 is 5.32 Å². The zero-order valence-corrected chi connectivity index (χ0v) is 12.0. The second-order valence-electron chi connectivity index (χ2n) is 4.61. The number of benzene rings is 1. The van der Waals surface area contributed by atoms with Crippen molar-refractivity contribution in [1.29, 1.82) is 5.26 Å². The molecule has 1 N–H and O–H groups in total. The van der Waals surface area contributed by atoms with Gasteiger partial charge >= 0.3 is 0 Å². The minimum atomic E-state index is -0.263. The van der Waals surface area contributed by atoms with Gasteiger partial charge in [0.05, 0.1) is 12.2 Å². The molecule has 0 saturated carbocycles. The maximum atomic E-state index is 9.25. The van der Waals surface area contributed by atoms with E-state index >= 15 is 0 Å². The Morgan fingerprint density at radius 3 is 3.06 bits per heavy atom. The van der Waals surface area contributed by atoms with Crippen molar-refractivity contribution in [2.75, 3.05) is 13.2 Å². The lowest BCUT2D eigenvalue weighted by molar-refractivity contribution is 0.109. The fourth-order valence-corrected chi connectivity index (χ4v) is 2.39. The molecule has 1 heterocycles. The minimum Gasteiger partial charge on any atom is -0.377 e. The normalized spacial score (nSPS) is 20.6. The molecule has 2 rings (SSSR count). The first-order chi connectivity index (χ1) is 8.70. The van der Waals surface area contributed by atoms with Crippen molar-refractivity contribution in [2.45, 2.75) is 31.9 Å². The Kier molecular flexibility index (Phi) is 4.76. The van der Waals surface area contributed by atoms with Crippen molar-refractivity contribution < 1.29 is 4.74 Å². The summed E-state index contributed by atoms with van der Waals surface area (Å²) in [6.07, 6.45) is 2.48. The third-order valence-corrected chi connectivity index (χ3v) is 4.11. The van der Waals surface area contributed by atoms with E-state index < -0.39 is 0 Å². The number of ether oxygens (including phenoxy) is 1. The molecule has 96 valence electrons. The third kappa shape index (κ3) is 3.32. The van der Waals surface area contributed by atoms with Gasteiger partial charge in [0.25, 0.3) is 0 Å². The Labute approximate surface area is 116 Å². The zero-order chi connectivity index (χ0) is 13.0. The topological polar surface area (TPSA) is 45.0 Å². The summed E-state index contributed by atoms with van der Waals surface area (Å²) in [4.78, 5) is 0. The van der Waals surface area contributed by atoms with Crippen LogP contribution in [0, 0.1) is 18.3 Å². The lowest BCUT2D eigenvalue weighted by atomic mass is 10.1. The van der Waals surface area contributed by atoms with Gasteiger partial charge in [-0.05, 0) is 37.0 Å². The Morgan fingerprint density at radius 1 is 1.61 bits per heavy atom. The summed E-state index contributed by atoms with van der Waals surface area (Å²) in [7, 11) is 0. The molecule has 0 aromatic heterocycles. The predicted molar refractivity (Wildman–Crippen MR) is 74.2 cm³/mol. The number of nitrogens with zero attached hydrogens (tertiary/aromatic N) is 1. The van der Waals surface area contributed by atoms with Gasteiger partial charge in [-0.25, -0.2) is 0 Å². The largest absolute Gasteiger partial charge is 0.377 e. The Morgan fingerprint density at radius 2 is 2.44 bits per heavy atom. The summed E-state index contributed by atoms with van der Waals surface area (Å²) < 4.78 is 6.62. The zero-order valence-electron chi connectivity index (χ0n) is 10.4. The summed E-state index contributed by atoms with van der Waals surface area (Å²) in [6.45, 7) is 3.62. The first-order valence-corrected chi connectivity index (χ1v) is 7.00. The fraction of sp³-hybridized carbons (Fsp3) is 0.500. The van der Waals surface area contributed by atoms with Crippen LogP contribution in [0.3, 0.4) is 0 Å². The van der Waals surface area contributed by atoms with Crippen LogP contribution >= 0.6 is 15.9 Å². The Balaban J connectivity index is 1.99. The molecule has 0 aliphatic carbocycles. The van der Waals surface area contributed by atoms with Gasteiger partial charge in [0, 0.05) is 17.6 Å². The van der Waals surface area contributed by atoms with Gasteiger partial charge in [-0.15, -0.1) is 0 Å². The van der Waals surface area contributed by atoms with Crippen LogP contribution in [0.4, 0.5) is 0 Å². The molecule has 1 fully saturated rings. The van der Waals surface area contributed by atoms with Gasteiger partial charge < -0.3 is 4.74 Å². The molecule has 2 unspecified atom stereocenters. The smallest absolute Gasteiger partial charge is 0.121 e. The van der Waals surface area contributed by atoms with Gasteiger partial charge in [-0.3, -0.25) is 5.32 Å². The molecule has 1 saturated heterocycles. The van der Waals surface area contributed by atoms with Crippen molar-refractivity contribution >= 4 is 15.9 Å². The standard InChI is InChI=1S/C14H17BrN2O/c1-10-7-11(4-5-13(10)15)14(8-16)17-9-12-3-2-6-18-12/h4-5,7,12,14,17H,2-3,6,9H2,1H3. The second kappa shape index (κ2) is 6.33. The summed E-state index contributed by atoms with van der Waals surface area (Å²) >= 11 is 3.47. The molecule has 1 aromatic carbocycles. The molecule has 1 aromatic rings. The third-order valence-electron chi connectivity index (χ3n) is 3.22. The van der Waals surface area contributed by atoms with E-state index in [4.69, 9.17) is 4.74 Å². The molecule has 1 aliphatic rings.